The van der Waals surface area contributed by atoms with Crippen LogP contribution >= 0.6 is 11.9 Å². The van der Waals surface area contributed by atoms with Crippen LogP contribution in [0.3, 0.4) is 0 Å². The number of benzene rings is 1. The quantitative estimate of drug-likeness (QED) is 0.384. The average Bonchev–Trinajstić information content (AvgIpc) is 3.28. The molecule has 0 radical (unpaired) electrons. The van der Waals surface area contributed by atoms with Crippen molar-refractivity contribution in [1.29, 1.82) is 0 Å². The Morgan fingerprint density at radius 3 is 1.97 bits per heavy atom. The van der Waals surface area contributed by atoms with Gasteiger partial charge in [-0.25, -0.2) is 0 Å². The zero-order valence-corrected chi connectivity index (χ0v) is 22.7. The van der Waals surface area contributed by atoms with Gasteiger partial charge in [0.05, 0.1) is 5.52 Å². The van der Waals surface area contributed by atoms with Crippen molar-refractivity contribution in [3.05, 3.63) is 60.6 Å². The highest BCUT2D eigenvalue weighted by Crippen LogP contribution is 2.22. The Kier molecular flexibility index (Phi) is 20.4. The molecule has 176 valence electrons. The first-order valence-corrected chi connectivity index (χ1v) is 12.9. The predicted molar refractivity (Wildman–Crippen MR) is 146 cm³/mol. The van der Waals surface area contributed by atoms with Gasteiger partial charge in [-0.05, 0) is 35.7 Å². The van der Waals surface area contributed by atoms with Crippen LogP contribution in [0, 0.1) is 0 Å². The van der Waals surface area contributed by atoms with E-state index < -0.39 is 0 Å². The summed E-state index contributed by atoms with van der Waals surface area (Å²) in [6.45, 7) is 23.7. The molecule has 1 aromatic carbocycles. The molecule has 1 unspecified atom stereocenters. The fraction of sp³-hybridized carbons (Fsp3) is 0.519. The fourth-order valence-electron chi connectivity index (χ4n) is 2.63. The molecule has 1 atom stereocenters. The Morgan fingerprint density at radius 1 is 0.839 bits per heavy atom. The summed E-state index contributed by atoms with van der Waals surface area (Å²) in [5.41, 5.74) is 3.74. The molecule has 3 rings (SSSR count). The van der Waals surface area contributed by atoms with E-state index >= 15 is 0 Å². The summed E-state index contributed by atoms with van der Waals surface area (Å²) in [4.78, 5) is 4.18. The second-order valence-corrected chi connectivity index (χ2v) is 7.60. The Balaban J connectivity index is 0. The molecule has 0 aliphatic rings. The number of fused-ring (bicyclic) bond motifs is 1. The van der Waals surface area contributed by atoms with Gasteiger partial charge in [0.2, 0.25) is 0 Å². The van der Waals surface area contributed by atoms with Crippen LogP contribution in [0.15, 0.2) is 55.0 Å². The third-order valence-electron chi connectivity index (χ3n) is 3.94. The van der Waals surface area contributed by atoms with Crippen LogP contribution in [0.25, 0.3) is 16.6 Å². The lowest BCUT2D eigenvalue weighted by atomic mass is 10.0. The molecule has 2 heterocycles. The molecule has 0 fully saturated rings. The van der Waals surface area contributed by atoms with E-state index in [4.69, 9.17) is 0 Å². The highest BCUT2D eigenvalue weighted by atomic mass is 32.2. The van der Waals surface area contributed by atoms with E-state index in [9.17, 15) is 0 Å². The van der Waals surface area contributed by atoms with Crippen molar-refractivity contribution in [2.45, 2.75) is 87.3 Å². The van der Waals surface area contributed by atoms with Crippen LogP contribution < -0.4 is 4.72 Å². The SMILES string of the molecule is CC.CC.CC.CC.CC(C)SNCC(C)c1ccc(-n2ccc3cnccc32)cc1. The van der Waals surface area contributed by atoms with E-state index in [1.165, 1.54) is 22.2 Å². The second-order valence-electron chi connectivity index (χ2n) is 6.13. The Morgan fingerprint density at radius 2 is 1.42 bits per heavy atom. The molecule has 0 aliphatic heterocycles. The maximum atomic E-state index is 4.18. The topological polar surface area (TPSA) is 29.9 Å². The summed E-state index contributed by atoms with van der Waals surface area (Å²) in [5, 5.41) is 1.78. The zero-order chi connectivity index (χ0) is 24.2. The molecular formula is C27H47N3S. The molecule has 31 heavy (non-hydrogen) atoms. The maximum Gasteiger partial charge on any atom is 0.0559 e. The lowest BCUT2D eigenvalue weighted by Gasteiger charge is -2.15. The third kappa shape index (κ3) is 10.9. The van der Waals surface area contributed by atoms with Crippen molar-refractivity contribution in [3.63, 3.8) is 0 Å². The number of aromatic nitrogens is 2. The van der Waals surface area contributed by atoms with E-state index in [1.54, 1.807) is 11.9 Å². The van der Waals surface area contributed by atoms with Crippen molar-refractivity contribution in [3.8, 4) is 5.69 Å². The van der Waals surface area contributed by atoms with Crippen LogP contribution in [0.1, 0.15) is 87.6 Å². The largest absolute Gasteiger partial charge is 0.316 e. The average molecular weight is 446 g/mol. The van der Waals surface area contributed by atoms with Gasteiger partial charge in [-0.2, -0.15) is 0 Å². The zero-order valence-electron chi connectivity index (χ0n) is 21.9. The minimum Gasteiger partial charge on any atom is -0.316 e. The van der Waals surface area contributed by atoms with Crippen LogP contribution in [0.4, 0.5) is 0 Å². The molecule has 1 N–H and O–H groups in total. The number of hydrogen-bond acceptors (Lipinski definition) is 3. The van der Waals surface area contributed by atoms with Crippen molar-refractivity contribution in [1.82, 2.24) is 14.3 Å². The monoisotopic (exact) mass is 445 g/mol. The molecule has 0 bridgehead atoms. The Bertz CT molecular complexity index is 764. The molecule has 3 aromatic rings. The highest BCUT2D eigenvalue weighted by Gasteiger charge is 2.07. The Hall–Kier alpha value is -1.78. The van der Waals surface area contributed by atoms with E-state index in [0.29, 0.717) is 11.2 Å². The summed E-state index contributed by atoms with van der Waals surface area (Å²) in [5.74, 6) is 0.501. The molecule has 4 heteroatoms. The first-order valence-electron chi connectivity index (χ1n) is 12.0. The van der Waals surface area contributed by atoms with E-state index in [0.717, 1.165) is 6.54 Å². The molecular weight excluding hydrogens is 398 g/mol. The number of hydrogen-bond donors (Lipinski definition) is 1. The number of pyridine rings is 1. The van der Waals surface area contributed by atoms with Gasteiger partial charge < -0.3 is 4.57 Å². The minimum absolute atomic E-state index is 0.501. The van der Waals surface area contributed by atoms with E-state index in [-0.39, 0.29) is 0 Å². The van der Waals surface area contributed by atoms with Gasteiger partial charge in [0.1, 0.15) is 0 Å². The lowest BCUT2D eigenvalue weighted by molar-refractivity contribution is 0.739. The Labute approximate surface area is 197 Å². The van der Waals surface area contributed by atoms with Gasteiger partial charge >= 0.3 is 0 Å². The fourth-order valence-corrected chi connectivity index (χ4v) is 3.31. The van der Waals surface area contributed by atoms with Gasteiger partial charge in [0, 0.05) is 41.5 Å². The van der Waals surface area contributed by atoms with Crippen LogP contribution in [-0.2, 0) is 0 Å². The first-order chi connectivity index (χ1) is 15.1. The van der Waals surface area contributed by atoms with E-state index in [1.807, 2.05) is 67.8 Å². The standard InChI is InChI=1S/C19H23N3S.4C2H6/c1-14(2)23-21-12-15(3)16-4-6-18(7-5-16)22-11-9-17-13-20-10-8-19(17)22;4*1-2/h4-11,13-15,21H,12H2,1-3H3;4*1-2H3. The van der Waals surface area contributed by atoms with Gasteiger partial charge in [-0.1, -0.05) is 100 Å². The highest BCUT2D eigenvalue weighted by molar-refractivity contribution is 7.97. The molecule has 0 amide bonds. The van der Waals surface area contributed by atoms with Gasteiger partial charge in [-0.3, -0.25) is 9.71 Å². The maximum absolute atomic E-state index is 4.18. The minimum atomic E-state index is 0.501. The molecule has 3 nitrogen and oxygen atoms in total. The van der Waals surface area contributed by atoms with Crippen LogP contribution in [0.5, 0.6) is 0 Å². The van der Waals surface area contributed by atoms with Crippen molar-refractivity contribution in [2.24, 2.45) is 0 Å². The number of nitrogens with zero attached hydrogens (tertiary/aromatic N) is 2. The molecule has 0 saturated heterocycles. The summed E-state index contributed by atoms with van der Waals surface area (Å²) in [6.07, 6.45) is 5.85. The van der Waals surface area contributed by atoms with Crippen LogP contribution in [-0.4, -0.2) is 21.3 Å². The third-order valence-corrected chi connectivity index (χ3v) is 4.74. The summed E-state index contributed by atoms with van der Waals surface area (Å²) >= 11 is 1.80. The molecule has 0 spiro atoms. The number of rotatable bonds is 6. The van der Waals surface area contributed by atoms with Crippen LogP contribution in [0.2, 0.25) is 0 Å². The van der Waals surface area contributed by atoms with Gasteiger partial charge in [0.15, 0.2) is 0 Å². The second kappa shape index (κ2) is 20.1. The summed E-state index contributed by atoms with van der Waals surface area (Å²) in [7, 11) is 0. The lowest BCUT2D eigenvalue weighted by Crippen LogP contribution is -2.15. The van der Waals surface area contributed by atoms with Crippen molar-refractivity contribution in [2.75, 3.05) is 6.54 Å². The van der Waals surface area contributed by atoms with Gasteiger partial charge in [-0.15, -0.1) is 0 Å². The normalized spacial score (nSPS) is 10.3. The summed E-state index contributed by atoms with van der Waals surface area (Å²) < 4.78 is 5.66. The first kappa shape index (κ1) is 31.4. The van der Waals surface area contributed by atoms with E-state index in [2.05, 4.69) is 77.6 Å². The van der Waals surface area contributed by atoms with Gasteiger partial charge in [0.25, 0.3) is 0 Å². The van der Waals surface area contributed by atoms with Crippen molar-refractivity contribution >= 4 is 22.9 Å². The molecule has 2 aromatic heterocycles. The molecule has 0 saturated carbocycles. The number of nitrogens with one attached hydrogen (secondary N) is 1. The summed E-state index contributed by atoms with van der Waals surface area (Å²) in [6, 6.07) is 13.0. The smallest absolute Gasteiger partial charge is 0.0559 e. The van der Waals surface area contributed by atoms with Crippen molar-refractivity contribution < 1.29 is 0 Å². The molecule has 0 aliphatic carbocycles. The predicted octanol–water partition coefficient (Wildman–Crippen LogP) is 8.88.